The molecule has 0 amide bonds. The van der Waals surface area contributed by atoms with Gasteiger partial charge in [-0.1, -0.05) is 0 Å². The second-order valence-corrected chi connectivity index (χ2v) is 1.57. The molecule has 0 fully saturated rings. The van der Waals surface area contributed by atoms with Gasteiger partial charge in [0.15, 0.2) is 12.2 Å². The minimum Gasteiger partial charge on any atom is -0.479 e. The molecule has 8 nitrogen and oxygen atoms in total. The Balaban J connectivity index is -0.000000309. The van der Waals surface area contributed by atoms with E-state index in [2.05, 4.69) is 0 Å². The van der Waals surface area contributed by atoms with Crippen molar-refractivity contribution in [1.82, 2.24) is 0 Å². The molecule has 0 aromatic heterocycles. The molecule has 0 saturated heterocycles. The molecule has 0 spiro atoms. The predicted molar refractivity (Wildman–Crippen MR) is 39.0 cm³/mol. The van der Waals surface area contributed by atoms with Gasteiger partial charge in [-0.15, -0.1) is 0 Å². The Labute approximate surface area is 73.0 Å². The summed E-state index contributed by atoms with van der Waals surface area (Å²) in [6.07, 6.45) is -4.53. The maximum atomic E-state index is 9.77. The van der Waals surface area contributed by atoms with Crippen LogP contribution >= 0.6 is 0 Å². The summed E-state index contributed by atoms with van der Waals surface area (Å²) >= 11 is 0. The molecule has 8 heteroatoms. The van der Waals surface area contributed by atoms with E-state index in [0.29, 0.717) is 0 Å². The summed E-state index contributed by atoms with van der Waals surface area (Å²) in [7, 11) is 1.00. The minimum atomic E-state index is -2.27. The van der Waals surface area contributed by atoms with Crippen LogP contribution in [0.3, 0.4) is 0 Å². The lowest BCUT2D eigenvalue weighted by Gasteiger charge is -2.07. The summed E-state index contributed by atoms with van der Waals surface area (Å²) in [5, 5.41) is 39.5. The van der Waals surface area contributed by atoms with E-state index in [0.717, 1.165) is 7.11 Å². The van der Waals surface area contributed by atoms with Gasteiger partial charge >= 0.3 is 11.9 Å². The van der Waals surface area contributed by atoms with Gasteiger partial charge in [-0.05, 0) is 0 Å². The number of carboxylic acids is 2. The van der Waals surface area contributed by atoms with Gasteiger partial charge in [-0.2, -0.15) is 0 Å². The first-order valence-corrected chi connectivity index (χ1v) is 2.73. The molecule has 0 aliphatic rings. The number of aliphatic carboxylic acids is 2. The number of aliphatic hydroxyl groups is 3. The fourth-order valence-electron chi connectivity index (χ4n) is 0.270. The second-order valence-electron chi connectivity index (χ2n) is 1.57. The van der Waals surface area contributed by atoms with Gasteiger partial charge in [-0.25, -0.2) is 9.59 Å². The van der Waals surface area contributed by atoms with Gasteiger partial charge in [0, 0.05) is 7.11 Å². The zero-order valence-corrected chi connectivity index (χ0v) is 6.71. The third-order valence-electron chi connectivity index (χ3n) is 0.805. The number of aliphatic hydroxyl groups excluding tert-OH is 3. The van der Waals surface area contributed by atoms with Crippen LogP contribution in [0.2, 0.25) is 0 Å². The van der Waals surface area contributed by atoms with Crippen LogP contribution in [0.5, 0.6) is 0 Å². The topological polar surface area (TPSA) is 167 Å². The van der Waals surface area contributed by atoms with Gasteiger partial charge in [0.05, 0.1) is 0 Å². The Morgan fingerprint density at radius 3 is 1.15 bits per heavy atom. The van der Waals surface area contributed by atoms with Crippen molar-refractivity contribution in [2.75, 3.05) is 7.11 Å². The summed E-state index contributed by atoms with van der Waals surface area (Å²) < 4.78 is 0. The smallest absolute Gasteiger partial charge is 0.335 e. The van der Waals surface area contributed by atoms with E-state index >= 15 is 0 Å². The van der Waals surface area contributed by atoms with E-state index in [9.17, 15) is 9.59 Å². The van der Waals surface area contributed by atoms with Crippen molar-refractivity contribution in [2.24, 2.45) is 0 Å². The minimum absolute atomic E-state index is 0. The molecule has 13 heavy (non-hydrogen) atoms. The number of hydrogen-bond donors (Lipinski definition) is 5. The average molecular weight is 200 g/mol. The normalized spacial score (nSPS) is 12.6. The van der Waals surface area contributed by atoms with Crippen LogP contribution in [0.4, 0.5) is 0 Å². The first-order chi connectivity index (χ1) is 5.46. The maximum absolute atomic E-state index is 9.77. The highest BCUT2D eigenvalue weighted by Crippen LogP contribution is 1.92. The highest BCUT2D eigenvalue weighted by molar-refractivity contribution is 5.82. The molecule has 7 N–H and O–H groups in total. The van der Waals surface area contributed by atoms with E-state index in [1.54, 1.807) is 0 Å². The monoisotopic (exact) mass is 200 g/mol. The van der Waals surface area contributed by atoms with Crippen LogP contribution in [0, 0.1) is 0 Å². The standard InChI is InChI=1S/C4H6O6.CH4O.H2O/c5-1(3(7)8)2(6)4(9)10;1-2;/h1-2,5-6H,(H,7,8)(H,9,10);2H,1H3;1H2. The molecule has 0 heterocycles. The summed E-state index contributed by atoms with van der Waals surface area (Å²) in [5.74, 6) is -3.54. The first-order valence-electron chi connectivity index (χ1n) is 2.73. The van der Waals surface area contributed by atoms with E-state index in [-0.39, 0.29) is 5.48 Å². The Kier molecular flexibility index (Phi) is 12.1. The highest BCUT2D eigenvalue weighted by Gasteiger charge is 2.29. The first kappa shape index (κ1) is 17.8. The van der Waals surface area contributed by atoms with Crippen molar-refractivity contribution >= 4 is 11.9 Å². The van der Waals surface area contributed by atoms with E-state index < -0.39 is 24.1 Å². The quantitative estimate of drug-likeness (QED) is 0.317. The Bertz CT molecular complexity index is 137. The SMILES string of the molecule is CO.O.O=C(O)C(O)C(O)C(=O)O. The Morgan fingerprint density at radius 2 is 1.08 bits per heavy atom. The fourth-order valence-corrected chi connectivity index (χ4v) is 0.270. The van der Waals surface area contributed by atoms with Crippen LogP contribution in [-0.4, -0.2) is 62.3 Å². The number of hydrogen-bond acceptors (Lipinski definition) is 5. The van der Waals surface area contributed by atoms with Crippen molar-refractivity contribution in [1.29, 1.82) is 0 Å². The van der Waals surface area contributed by atoms with E-state index in [1.807, 2.05) is 0 Å². The van der Waals surface area contributed by atoms with Crippen LogP contribution < -0.4 is 0 Å². The third kappa shape index (κ3) is 7.15. The second kappa shape index (κ2) is 8.87. The highest BCUT2D eigenvalue weighted by atomic mass is 16.4. The molecule has 2 atom stereocenters. The van der Waals surface area contributed by atoms with Gasteiger partial charge < -0.3 is 31.0 Å². The molecule has 0 aromatic rings. The summed E-state index contributed by atoms with van der Waals surface area (Å²) in [6.45, 7) is 0. The number of carbonyl (C=O) groups is 2. The van der Waals surface area contributed by atoms with Crippen molar-refractivity contribution in [3.05, 3.63) is 0 Å². The molecule has 80 valence electrons. The van der Waals surface area contributed by atoms with Crippen LogP contribution in [-0.2, 0) is 9.59 Å². The number of rotatable bonds is 3. The lowest BCUT2D eigenvalue weighted by molar-refractivity contribution is -0.165. The maximum Gasteiger partial charge on any atom is 0.335 e. The van der Waals surface area contributed by atoms with Crippen molar-refractivity contribution in [3.63, 3.8) is 0 Å². The molecular weight excluding hydrogens is 188 g/mol. The molecule has 0 saturated carbocycles. The molecule has 0 rings (SSSR count). The summed E-state index contributed by atoms with van der Waals surface area (Å²) in [5.41, 5.74) is 0. The Hall–Kier alpha value is -1.22. The van der Waals surface area contributed by atoms with Crippen molar-refractivity contribution in [3.8, 4) is 0 Å². The molecule has 0 radical (unpaired) electrons. The lowest BCUT2D eigenvalue weighted by atomic mass is 10.2. The van der Waals surface area contributed by atoms with Gasteiger partial charge in [0.2, 0.25) is 0 Å². The van der Waals surface area contributed by atoms with E-state index in [1.165, 1.54) is 0 Å². The third-order valence-corrected chi connectivity index (χ3v) is 0.805. The molecule has 2 unspecified atom stereocenters. The van der Waals surface area contributed by atoms with Crippen LogP contribution in [0.1, 0.15) is 0 Å². The fraction of sp³-hybridized carbons (Fsp3) is 0.600. The summed E-state index contributed by atoms with van der Waals surface area (Å²) in [4.78, 5) is 19.5. The number of carboxylic acid groups (broad SMARTS) is 2. The van der Waals surface area contributed by atoms with Gasteiger partial charge in [0.1, 0.15) is 0 Å². The van der Waals surface area contributed by atoms with Gasteiger partial charge in [0.25, 0.3) is 0 Å². The largest absolute Gasteiger partial charge is 0.479 e. The van der Waals surface area contributed by atoms with Gasteiger partial charge in [-0.3, -0.25) is 0 Å². The summed E-state index contributed by atoms with van der Waals surface area (Å²) in [6, 6.07) is 0. The molecular formula is C5H12O8. The molecule has 0 aliphatic heterocycles. The zero-order chi connectivity index (χ0) is 10.3. The van der Waals surface area contributed by atoms with Crippen molar-refractivity contribution in [2.45, 2.75) is 12.2 Å². The molecule has 0 bridgehead atoms. The molecule has 0 aromatic carbocycles. The molecule has 0 aliphatic carbocycles. The van der Waals surface area contributed by atoms with E-state index in [4.69, 9.17) is 25.5 Å². The van der Waals surface area contributed by atoms with Crippen LogP contribution in [0.25, 0.3) is 0 Å². The lowest BCUT2D eigenvalue weighted by Crippen LogP contribution is -2.39. The Morgan fingerprint density at radius 1 is 0.923 bits per heavy atom. The average Bonchev–Trinajstić information content (AvgIpc) is 2.05. The zero-order valence-electron chi connectivity index (χ0n) is 6.71. The van der Waals surface area contributed by atoms with Crippen molar-refractivity contribution < 1.29 is 40.6 Å². The van der Waals surface area contributed by atoms with Crippen LogP contribution in [0.15, 0.2) is 0 Å². The predicted octanol–water partition coefficient (Wildman–Crippen LogP) is -3.34.